The summed E-state index contributed by atoms with van der Waals surface area (Å²) < 4.78 is 59.6. The largest absolute Gasteiger partial charge is 0.469 e. The maximum atomic E-state index is 14.2. The molecule has 2 atom stereocenters. The minimum absolute atomic E-state index is 0.0496. The molecule has 15 heteroatoms. The molecule has 224 valence electrons. The van der Waals surface area contributed by atoms with E-state index in [1.807, 2.05) is 0 Å². The van der Waals surface area contributed by atoms with E-state index < -0.39 is 54.1 Å². The van der Waals surface area contributed by atoms with Gasteiger partial charge in [-0.05, 0) is 24.1 Å². The van der Waals surface area contributed by atoms with E-state index in [-0.39, 0.29) is 18.7 Å². The molecule has 5 rings (SSSR count). The third-order valence-electron chi connectivity index (χ3n) is 7.17. The minimum Gasteiger partial charge on any atom is -0.469 e. The van der Waals surface area contributed by atoms with Crippen LogP contribution in [0, 0.1) is 12.8 Å². The molecule has 2 amide bonds. The fourth-order valence-electron chi connectivity index (χ4n) is 4.84. The Morgan fingerprint density at radius 3 is 2.45 bits per heavy atom. The van der Waals surface area contributed by atoms with E-state index in [2.05, 4.69) is 10.1 Å². The molecule has 4 heterocycles. The highest BCUT2D eigenvalue weighted by molar-refractivity contribution is 6.01. The van der Waals surface area contributed by atoms with Gasteiger partial charge in [0.1, 0.15) is 24.5 Å². The Hall–Kier alpha value is -4.08. The van der Waals surface area contributed by atoms with Gasteiger partial charge in [-0.25, -0.2) is 0 Å². The molecule has 0 bridgehead atoms. The molecular formula is C27H29F3N6O6. The standard InChI is InChI=1S/C27H29F3N6O6/c1-16-10-19(15-41-16)24(38)36-26(42-14-18-4-2-17(11-31)3-5-18)32-23(33-36)22-20(27(28,29)30)12-35(25(22)39)21(37)13-34-6-8-40-9-7-34/h2-5,10,15,20,22H,6-9,11-14,31H2,1H3. The van der Waals surface area contributed by atoms with Gasteiger partial charge in [0, 0.05) is 26.2 Å². The first-order valence-electron chi connectivity index (χ1n) is 13.2. The maximum Gasteiger partial charge on any atom is 0.394 e. The molecule has 2 unspecified atom stereocenters. The average molecular weight is 591 g/mol. The number of morpholine rings is 1. The molecule has 0 spiro atoms. The van der Waals surface area contributed by atoms with Crippen LogP contribution in [0.25, 0.3) is 0 Å². The van der Waals surface area contributed by atoms with Gasteiger partial charge in [0.2, 0.25) is 11.8 Å². The number of aromatic nitrogens is 3. The van der Waals surface area contributed by atoms with Crippen LogP contribution < -0.4 is 10.5 Å². The van der Waals surface area contributed by atoms with Gasteiger partial charge in [-0.1, -0.05) is 24.3 Å². The quantitative estimate of drug-likeness (QED) is 0.413. The molecule has 42 heavy (non-hydrogen) atoms. The van der Waals surface area contributed by atoms with Crippen LogP contribution in [0.1, 0.15) is 39.0 Å². The Kier molecular flexibility index (Phi) is 8.43. The van der Waals surface area contributed by atoms with Crippen LogP contribution in [0.5, 0.6) is 6.01 Å². The number of rotatable bonds is 8. The summed E-state index contributed by atoms with van der Waals surface area (Å²) in [5.41, 5.74) is 7.22. The van der Waals surface area contributed by atoms with Gasteiger partial charge in [0.05, 0.1) is 31.2 Å². The summed E-state index contributed by atoms with van der Waals surface area (Å²) in [5.74, 6) is -7.04. The van der Waals surface area contributed by atoms with Crippen molar-refractivity contribution >= 4 is 17.7 Å². The van der Waals surface area contributed by atoms with Crippen molar-refractivity contribution in [3.8, 4) is 6.01 Å². The highest BCUT2D eigenvalue weighted by Gasteiger charge is 2.57. The lowest BCUT2D eigenvalue weighted by atomic mass is 9.94. The van der Waals surface area contributed by atoms with Crippen molar-refractivity contribution in [3.63, 3.8) is 0 Å². The first-order chi connectivity index (χ1) is 20.0. The lowest BCUT2D eigenvalue weighted by Gasteiger charge is -2.27. The van der Waals surface area contributed by atoms with Gasteiger partial charge in [-0.2, -0.15) is 18.2 Å². The second kappa shape index (κ2) is 12.0. The lowest BCUT2D eigenvalue weighted by Crippen LogP contribution is -2.45. The summed E-state index contributed by atoms with van der Waals surface area (Å²) in [7, 11) is 0. The molecule has 3 aromatic rings. The summed E-state index contributed by atoms with van der Waals surface area (Å²) in [6, 6.07) is 8.05. The number of nitrogens with two attached hydrogens (primary N) is 1. The molecule has 2 fully saturated rings. The van der Waals surface area contributed by atoms with E-state index in [0.717, 1.165) is 5.56 Å². The number of hydrogen-bond donors (Lipinski definition) is 1. The van der Waals surface area contributed by atoms with Crippen LogP contribution in [0.15, 0.2) is 41.0 Å². The number of carbonyl (C=O) groups is 3. The van der Waals surface area contributed by atoms with Crippen molar-refractivity contribution in [1.82, 2.24) is 24.6 Å². The zero-order valence-corrected chi connectivity index (χ0v) is 22.7. The van der Waals surface area contributed by atoms with Crippen LogP contribution >= 0.6 is 0 Å². The van der Waals surface area contributed by atoms with E-state index in [1.165, 1.54) is 12.3 Å². The van der Waals surface area contributed by atoms with Crippen molar-refractivity contribution in [2.24, 2.45) is 11.7 Å². The van der Waals surface area contributed by atoms with Crippen molar-refractivity contribution in [3.05, 3.63) is 64.9 Å². The smallest absolute Gasteiger partial charge is 0.394 e. The molecule has 0 saturated carbocycles. The molecule has 2 aliphatic heterocycles. The van der Waals surface area contributed by atoms with E-state index in [9.17, 15) is 27.6 Å². The summed E-state index contributed by atoms with van der Waals surface area (Å²) in [6.45, 7) is 2.30. The zero-order chi connectivity index (χ0) is 30.0. The fourth-order valence-corrected chi connectivity index (χ4v) is 4.84. The van der Waals surface area contributed by atoms with Gasteiger partial charge in [-0.3, -0.25) is 24.2 Å². The van der Waals surface area contributed by atoms with E-state index >= 15 is 0 Å². The molecule has 0 radical (unpaired) electrons. The second-order valence-corrected chi connectivity index (χ2v) is 10.1. The van der Waals surface area contributed by atoms with Gasteiger partial charge >= 0.3 is 12.2 Å². The number of benzene rings is 1. The Bertz CT molecular complexity index is 1450. The Morgan fingerprint density at radius 2 is 1.83 bits per heavy atom. The molecule has 2 saturated heterocycles. The Morgan fingerprint density at radius 1 is 1.14 bits per heavy atom. The van der Waals surface area contributed by atoms with E-state index in [1.54, 1.807) is 36.1 Å². The second-order valence-electron chi connectivity index (χ2n) is 10.1. The highest BCUT2D eigenvalue weighted by atomic mass is 19.4. The topological polar surface area (TPSA) is 146 Å². The highest BCUT2D eigenvalue weighted by Crippen LogP contribution is 2.43. The molecule has 2 N–H and O–H groups in total. The third kappa shape index (κ3) is 6.22. The van der Waals surface area contributed by atoms with E-state index in [0.29, 0.717) is 53.8 Å². The van der Waals surface area contributed by atoms with Crippen LogP contribution in [-0.2, 0) is 27.5 Å². The number of amides is 2. The number of nitrogens with zero attached hydrogens (tertiary/aromatic N) is 5. The summed E-state index contributed by atoms with van der Waals surface area (Å²) in [6.07, 6.45) is -3.70. The molecular weight excluding hydrogens is 561 g/mol. The third-order valence-corrected chi connectivity index (χ3v) is 7.17. The van der Waals surface area contributed by atoms with Crippen LogP contribution in [0.2, 0.25) is 0 Å². The van der Waals surface area contributed by atoms with Gasteiger partial charge in [0.25, 0.3) is 5.91 Å². The Balaban J connectivity index is 1.45. The van der Waals surface area contributed by atoms with Crippen LogP contribution in [0.4, 0.5) is 13.2 Å². The van der Waals surface area contributed by atoms with Crippen molar-refractivity contribution < 1.29 is 41.4 Å². The number of halogens is 3. The molecule has 2 aliphatic rings. The number of imide groups is 1. The number of furan rings is 1. The molecule has 12 nitrogen and oxygen atoms in total. The lowest BCUT2D eigenvalue weighted by molar-refractivity contribution is -0.175. The van der Waals surface area contributed by atoms with E-state index in [4.69, 9.17) is 19.6 Å². The first kappa shape index (κ1) is 29.4. The summed E-state index contributed by atoms with van der Waals surface area (Å²) >= 11 is 0. The number of likely N-dealkylation sites (tertiary alicyclic amines) is 1. The predicted molar refractivity (Wildman–Crippen MR) is 138 cm³/mol. The SMILES string of the molecule is Cc1cc(C(=O)n2nc(C3C(=O)N(C(=O)CN4CCOCC4)CC3C(F)(F)F)nc2OCc2ccc(CN)cc2)co1. The number of alkyl halides is 3. The first-order valence-corrected chi connectivity index (χ1v) is 13.2. The van der Waals surface area contributed by atoms with Crippen molar-refractivity contribution in [2.45, 2.75) is 32.2 Å². The Labute approximate surface area is 238 Å². The van der Waals surface area contributed by atoms with Crippen LogP contribution in [0.3, 0.4) is 0 Å². The number of ether oxygens (including phenoxy) is 2. The fraction of sp³-hybridized carbons (Fsp3) is 0.444. The average Bonchev–Trinajstić information content (AvgIpc) is 3.68. The molecule has 0 aliphatic carbocycles. The van der Waals surface area contributed by atoms with Crippen molar-refractivity contribution in [1.29, 1.82) is 0 Å². The van der Waals surface area contributed by atoms with Gasteiger partial charge in [0.15, 0.2) is 5.82 Å². The van der Waals surface area contributed by atoms with Gasteiger partial charge < -0.3 is 19.6 Å². The summed E-state index contributed by atoms with van der Waals surface area (Å²) in [5, 5.41) is 4.03. The predicted octanol–water partition coefficient (Wildman–Crippen LogP) is 1.87. The monoisotopic (exact) mass is 590 g/mol. The van der Waals surface area contributed by atoms with Crippen molar-refractivity contribution in [2.75, 3.05) is 39.4 Å². The molecule has 1 aromatic carbocycles. The number of carbonyl (C=O) groups excluding carboxylic acids is 3. The summed E-state index contributed by atoms with van der Waals surface area (Å²) in [4.78, 5) is 46.0. The minimum atomic E-state index is -4.86. The van der Waals surface area contributed by atoms with Gasteiger partial charge in [-0.15, -0.1) is 9.78 Å². The zero-order valence-electron chi connectivity index (χ0n) is 22.7. The maximum absolute atomic E-state index is 14.2. The normalized spacial score (nSPS) is 19.8. The van der Waals surface area contributed by atoms with Crippen LogP contribution in [-0.4, -0.2) is 87.9 Å². The number of hydrogen-bond acceptors (Lipinski definition) is 10. The molecule has 2 aromatic heterocycles. The number of aryl methyl sites for hydroxylation is 1.